The van der Waals surface area contributed by atoms with Gasteiger partial charge in [0.2, 0.25) is 0 Å². The number of rotatable bonds is 5. The number of carbonyl (C=O) groups is 3. The third-order valence-electron chi connectivity index (χ3n) is 2.48. The summed E-state index contributed by atoms with van der Waals surface area (Å²) in [5, 5.41) is 19.9. The smallest absolute Gasteiger partial charge is 0.327 e. The molecule has 1 aromatic rings. The lowest BCUT2D eigenvalue weighted by Crippen LogP contribution is -2.47. The zero-order chi connectivity index (χ0) is 13.7. The Kier molecular flexibility index (Phi) is 4.42. The number of carbonyl (C=O) groups excluding carboxylic acids is 1. The lowest BCUT2D eigenvalue weighted by Gasteiger charge is -2.18. The molecule has 1 aromatic carbocycles. The number of hydrogen-bond acceptors (Lipinski definition) is 3. The van der Waals surface area contributed by atoms with Crippen molar-refractivity contribution in [3.63, 3.8) is 0 Å². The second-order valence-electron chi connectivity index (χ2n) is 3.78. The van der Waals surface area contributed by atoms with Gasteiger partial charge in [-0.15, -0.1) is 0 Å². The van der Waals surface area contributed by atoms with Crippen LogP contribution in [-0.4, -0.2) is 34.1 Å². The predicted octanol–water partition coefficient (Wildman–Crippen LogP) is 0.590. The fourth-order valence-electron chi connectivity index (χ4n) is 1.36. The fourth-order valence-corrected chi connectivity index (χ4v) is 1.36. The molecular weight excluding hydrogens is 238 g/mol. The van der Waals surface area contributed by atoms with Crippen molar-refractivity contribution >= 4 is 17.8 Å². The first kappa shape index (κ1) is 13.7. The molecule has 0 aliphatic rings. The summed E-state index contributed by atoms with van der Waals surface area (Å²) < 4.78 is 0. The molecule has 0 fully saturated rings. The molecule has 1 rings (SSSR count). The zero-order valence-corrected chi connectivity index (χ0v) is 9.66. The zero-order valence-electron chi connectivity index (χ0n) is 9.66. The van der Waals surface area contributed by atoms with Crippen molar-refractivity contribution in [3.05, 3.63) is 35.9 Å². The molecule has 6 heteroatoms. The van der Waals surface area contributed by atoms with Crippen molar-refractivity contribution in [3.8, 4) is 0 Å². The maximum atomic E-state index is 11.7. The highest BCUT2D eigenvalue weighted by atomic mass is 16.4. The van der Waals surface area contributed by atoms with E-state index in [4.69, 9.17) is 10.2 Å². The molecule has 0 aliphatic carbocycles. The van der Waals surface area contributed by atoms with Crippen LogP contribution in [0.2, 0.25) is 0 Å². The van der Waals surface area contributed by atoms with Crippen LogP contribution in [0.3, 0.4) is 0 Å². The lowest BCUT2D eigenvalue weighted by atomic mass is 10.0. The summed E-state index contributed by atoms with van der Waals surface area (Å²) >= 11 is 0. The number of hydrogen-bond donors (Lipinski definition) is 3. The van der Waals surface area contributed by atoms with Crippen LogP contribution >= 0.6 is 0 Å². The predicted molar refractivity (Wildman–Crippen MR) is 62.1 cm³/mol. The van der Waals surface area contributed by atoms with Gasteiger partial charge in [0.25, 0.3) is 5.91 Å². The summed E-state index contributed by atoms with van der Waals surface area (Å²) in [6.45, 7) is 1.23. The molecule has 0 heterocycles. The number of carboxylic acids is 2. The van der Waals surface area contributed by atoms with Gasteiger partial charge in [-0.1, -0.05) is 18.2 Å². The van der Waals surface area contributed by atoms with E-state index >= 15 is 0 Å². The molecule has 18 heavy (non-hydrogen) atoms. The van der Waals surface area contributed by atoms with Crippen LogP contribution < -0.4 is 5.32 Å². The summed E-state index contributed by atoms with van der Waals surface area (Å²) in [6.07, 6.45) is 0. The molecule has 0 aliphatic heterocycles. The van der Waals surface area contributed by atoms with Crippen LogP contribution in [0.1, 0.15) is 17.3 Å². The number of aliphatic carboxylic acids is 2. The Morgan fingerprint density at radius 2 is 1.61 bits per heavy atom. The van der Waals surface area contributed by atoms with Gasteiger partial charge in [0, 0.05) is 5.56 Å². The second-order valence-corrected chi connectivity index (χ2v) is 3.78. The number of nitrogens with one attached hydrogen (secondary N) is 1. The lowest BCUT2D eigenvalue weighted by molar-refractivity contribution is -0.149. The van der Waals surface area contributed by atoms with Gasteiger partial charge in [-0.05, 0) is 19.1 Å². The standard InChI is InChI=1S/C12H13NO5/c1-7(11(15)16)9(12(17)18)13-10(14)8-5-3-2-4-6-8/h2-7,9H,1H3,(H,13,14)(H,15,16)(H,17,18)/t7-,9+/m1/s1. The Morgan fingerprint density at radius 3 is 2.06 bits per heavy atom. The van der Waals surface area contributed by atoms with Crippen molar-refractivity contribution in [1.82, 2.24) is 5.32 Å². The third-order valence-corrected chi connectivity index (χ3v) is 2.48. The molecule has 6 nitrogen and oxygen atoms in total. The topological polar surface area (TPSA) is 104 Å². The van der Waals surface area contributed by atoms with Crippen LogP contribution in [0, 0.1) is 5.92 Å². The van der Waals surface area contributed by atoms with Crippen molar-refractivity contribution in [1.29, 1.82) is 0 Å². The highest BCUT2D eigenvalue weighted by Gasteiger charge is 2.31. The molecule has 0 radical (unpaired) electrons. The maximum Gasteiger partial charge on any atom is 0.327 e. The van der Waals surface area contributed by atoms with Crippen molar-refractivity contribution in [2.24, 2.45) is 5.92 Å². The first-order valence-corrected chi connectivity index (χ1v) is 5.25. The fraction of sp³-hybridized carbons (Fsp3) is 0.250. The van der Waals surface area contributed by atoms with E-state index in [1.54, 1.807) is 18.2 Å². The van der Waals surface area contributed by atoms with Gasteiger partial charge in [0.1, 0.15) is 6.04 Å². The van der Waals surface area contributed by atoms with Gasteiger partial charge in [0.05, 0.1) is 5.92 Å². The average molecular weight is 251 g/mol. The summed E-state index contributed by atoms with van der Waals surface area (Å²) in [7, 11) is 0. The maximum absolute atomic E-state index is 11.7. The monoisotopic (exact) mass is 251 g/mol. The summed E-state index contributed by atoms with van der Waals surface area (Å²) in [4.78, 5) is 33.4. The van der Waals surface area contributed by atoms with E-state index in [0.29, 0.717) is 0 Å². The highest BCUT2D eigenvalue weighted by Crippen LogP contribution is 2.06. The van der Waals surface area contributed by atoms with Gasteiger partial charge in [-0.2, -0.15) is 0 Å². The van der Waals surface area contributed by atoms with Crippen molar-refractivity contribution < 1.29 is 24.6 Å². The first-order chi connectivity index (χ1) is 8.43. The minimum atomic E-state index is -1.46. The van der Waals surface area contributed by atoms with Crippen LogP contribution in [0.4, 0.5) is 0 Å². The Bertz CT molecular complexity index is 457. The van der Waals surface area contributed by atoms with Crippen LogP contribution in [0.25, 0.3) is 0 Å². The number of amides is 1. The molecule has 2 atom stereocenters. The minimum absolute atomic E-state index is 0.279. The quantitative estimate of drug-likeness (QED) is 0.710. The largest absolute Gasteiger partial charge is 0.481 e. The molecule has 0 unspecified atom stereocenters. The minimum Gasteiger partial charge on any atom is -0.481 e. The van der Waals surface area contributed by atoms with Crippen molar-refractivity contribution in [2.75, 3.05) is 0 Å². The van der Waals surface area contributed by atoms with Gasteiger partial charge in [0.15, 0.2) is 0 Å². The van der Waals surface area contributed by atoms with E-state index in [1.165, 1.54) is 19.1 Å². The van der Waals surface area contributed by atoms with Gasteiger partial charge < -0.3 is 15.5 Å². The summed E-state index contributed by atoms with van der Waals surface area (Å²) in [5.41, 5.74) is 0.279. The average Bonchev–Trinajstić information content (AvgIpc) is 2.35. The normalized spacial score (nSPS) is 13.4. The van der Waals surface area contributed by atoms with E-state index in [1.807, 2.05) is 0 Å². The molecule has 3 N–H and O–H groups in total. The Balaban J connectivity index is 2.83. The summed E-state index contributed by atoms with van der Waals surface area (Å²) in [5.74, 6) is -4.49. The SMILES string of the molecule is C[C@@H](C(=O)O)[C@H](NC(=O)c1ccccc1)C(=O)O. The summed E-state index contributed by atoms with van der Waals surface area (Å²) in [6, 6.07) is 6.54. The van der Waals surface area contributed by atoms with E-state index in [2.05, 4.69) is 5.32 Å². The van der Waals surface area contributed by atoms with Crippen LogP contribution in [0.15, 0.2) is 30.3 Å². The molecule has 0 aromatic heterocycles. The van der Waals surface area contributed by atoms with E-state index < -0.39 is 29.8 Å². The van der Waals surface area contributed by atoms with Gasteiger partial charge >= 0.3 is 11.9 Å². The van der Waals surface area contributed by atoms with Crippen LogP contribution in [-0.2, 0) is 9.59 Å². The van der Waals surface area contributed by atoms with E-state index in [0.717, 1.165) is 0 Å². The molecule has 0 saturated heterocycles. The van der Waals surface area contributed by atoms with Gasteiger partial charge in [-0.25, -0.2) is 4.79 Å². The second kappa shape index (κ2) is 5.81. The molecule has 96 valence electrons. The third kappa shape index (κ3) is 3.31. The number of benzene rings is 1. The molecule has 1 amide bonds. The molecule has 0 bridgehead atoms. The molecule has 0 spiro atoms. The van der Waals surface area contributed by atoms with Gasteiger partial charge in [-0.3, -0.25) is 9.59 Å². The van der Waals surface area contributed by atoms with Crippen molar-refractivity contribution in [2.45, 2.75) is 13.0 Å². The molecule has 0 saturated carbocycles. The number of carboxylic acid groups (broad SMARTS) is 2. The Morgan fingerprint density at radius 1 is 1.06 bits per heavy atom. The van der Waals surface area contributed by atoms with Crippen LogP contribution in [0.5, 0.6) is 0 Å². The van der Waals surface area contributed by atoms with E-state index in [9.17, 15) is 14.4 Å². The first-order valence-electron chi connectivity index (χ1n) is 5.25. The van der Waals surface area contributed by atoms with E-state index in [-0.39, 0.29) is 5.56 Å². The Hall–Kier alpha value is -2.37. The highest BCUT2D eigenvalue weighted by molar-refractivity contribution is 5.97. The molecular formula is C12H13NO5. The Labute approximate surface area is 103 Å².